The highest BCUT2D eigenvalue weighted by Gasteiger charge is 2.80. The van der Waals surface area contributed by atoms with Crippen LogP contribution in [0.5, 0.6) is 0 Å². The van der Waals surface area contributed by atoms with E-state index in [0.29, 0.717) is 32.0 Å². The van der Waals surface area contributed by atoms with Crippen molar-refractivity contribution in [3.05, 3.63) is 145 Å². The van der Waals surface area contributed by atoms with E-state index in [1.165, 1.54) is 12.1 Å². The molecule has 1 aliphatic carbocycles. The minimum Gasteiger partial charge on any atom is -0.194 e. The number of halogens is 6. The fourth-order valence-electron chi connectivity index (χ4n) is 5.68. The van der Waals surface area contributed by atoms with Crippen LogP contribution < -0.4 is 0 Å². The molecule has 45 heavy (non-hydrogen) atoms. The molecule has 0 saturated heterocycles. The van der Waals surface area contributed by atoms with Gasteiger partial charge in [0.1, 0.15) is 0 Å². The van der Waals surface area contributed by atoms with E-state index in [4.69, 9.17) is 0 Å². The average molecular weight is 645 g/mol. The summed E-state index contributed by atoms with van der Waals surface area (Å²) in [5.74, 6) is -16.1. The van der Waals surface area contributed by atoms with E-state index in [1.807, 2.05) is 0 Å². The number of thiophene rings is 2. The van der Waals surface area contributed by atoms with Crippen LogP contribution in [0.4, 0.5) is 26.3 Å². The van der Waals surface area contributed by atoms with Gasteiger partial charge in [-0.3, -0.25) is 0 Å². The highest BCUT2D eigenvalue weighted by atomic mass is 32.1. The lowest BCUT2D eigenvalue weighted by Crippen LogP contribution is -2.48. The van der Waals surface area contributed by atoms with Crippen LogP contribution in [0.3, 0.4) is 0 Å². The van der Waals surface area contributed by atoms with Crippen LogP contribution in [0.25, 0.3) is 52.9 Å². The largest absolute Gasteiger partial charge is 0.380 e. The van der Waals surface area contributed by atoms with Crippen LogP contribution in [0.1, 0.15) is 11.1 Å². The summed E-state index contributed by atoms with van der Waals surface area (Å²) in [6, 6.07) is 37.2. The molecule has 0 unspecified atom stereocenters. The first-order valence-corrected chi connectivity index (χ1v) is 15.6. The van der Waals surface area contributed by atoms with Gasteiger partial charge in [0.15, 0.2) is 0 Å². The fourth-order valence-corrected chi connectivity index (χ4v) is 8.03. The zero-order valence-corrected chi connectivity index (χ0v) is 24.9. The van der Waals surface area contributed by atoms with Gasteiger partial charge in [-0.2, -0.15) is 26.3 Å². The van der Waals surface area contributed by atoms with Gasteiger partial charge in [-0.05, 0) is 34.4 Å². The smallest absolute Gasteiger partial charge is 0.194 e. The van der Waals surface area contributed by atoms with E-state index in [0.717, 1.165) is 22.7 Å². The van der Waals surface area contributed by atoms with Crippen molar-refractivity contribution >= 4 is 33.8 Å². The third kappa shape index (κ3) is 4.66. The third-order valence-corrected chi connectivity index (χ3v) is 10.3. The number of hydrogen-bond acceptors (Lipinski definition) is 2. The van der Waals surface area contributed by atoms with Crippen molar-refractivity contribution in [3.8, 4) is 41.8 Å². The molecule has 2 heterocycles. The molecule has 6 aromatic rings. The molecule has 0 bridgehead atoms. The van der Waals surface area contributed by atoms with Crippen LogP contribution >= 0.6 is 22.7 Å². The van der Waals surface area contributed by atoms with Crippen molar-refractivity contribution < 1.29 is 26.3 Å². The lowest BCUT2D eigenvalue weighted by atomic mass is 9.92. The SMILES string of the molecule is FC1(F)C(c2cc(-c3ccccc3)sc2-c2ccccc2)=C(c2cc(-c3ccccc3)sc2-c2ccccc2)C(F)(F)C1(F)F. The Balaban J connectivity index is 1.59. The number of rotatable bonds is 6. The Morgan fingerprint density at radius 1 is 0.378 bits per heavy atom. The van der Waals surface area contributed by atoms with Gasteiger partial charge in [0.25, 0.3) is 0 Å². The van der Waals surface area contributed by atoms with Crippen molar-refractivity contribution in [2.24, 2.45) is 0 Å². The Morgan fingerprint density at radius 3 is 0.978 bits per heavy atom. The fraction of sp³-hybridized carbons (Fsp3) is 0.0811. The third-order valence-electron chi connectivity index (χ3n) is 7.86. The molecular formula is C37H22F6S2. The molecule has 7 rings (SSSR count). The van der Waals surface area contributed by atoms with Gasteiger partial charge in [-0.25, -0.2) is 0 Å². The van der Waals surface area contributed by atoms with Gasteiger partial charge in [0.2, 0.25) is 0 Å². The summed E-state index contributed by atoms with van der Waals surface area (Å²) in [5, 5.41) is 0. The van der Waals surface area contributed by atoms with Crippen molar-refractivity contribution in [2.45, 2.75) is 17.8 Å². The Bertz CT molecular complexity index is 1860. The molecule has 0 spiro atoms. The second-order valence-corrected chi connectivity index (χ2v) is 12.7. The normalized spacial score (nSPS) is 16.7. The maximum absolute atomic E-state index is 16.2. The molecular weight excluding hydrogens is 623 g/mol. The lowest BCUT2D eigenvalue weighted by molar-refractivity contribution is -0.254. The van der Waals surface area contributed by atoms with E-state index in [2.05, 4.69) is 0 Å². The number of benzene rings is 4. The van der Waals surface area contributed by atoms with Crippen LogP contribution in [0.15, 0.2) is 133 Å². The molecule has 0 nitrogen and oxygen atoms in total. The average Bonchev–Trinajstić information content (AvgIpc) is 3.72. The van der Waals surface area contributed by atoms with Crippen LogP contribution in [0.2, 0.25) is 0 Å². The van der Waals surface area contributed by atoms with E-state index in [9.17, 15) is 0 Å². The van der Waals surface area contributed by atoms with Gasteiger partial charge < -0.3 is 0 Å². The van der Waals surface area contributed by atoms with E-state index < -0.39 is 28.9 Å². The second-order valence-electron chi connectivity index (χ2n) is 10.6. The van der Waals surface area contributed by atoms with Crippen molar-refractivity contribution in [2.75, 3.05) is 0 Å². The molecule has 0 N–H and O–H groups in total. The monoisotopic (exact) mass is 644 g/mol. The summed E-state index contributed by atoms with van der Waals surface area (Å²) in [6.45, 7) is 0. The molecule has 0 fully saturated rings. The molecule has 4 aromatic carbocycles. The Morgan fingerprint density at radius 2 is 0.667 bits per heavy atom. The maximum Gasteiger partial charge on any atom is 0.380 e. The summed E-state index contributed by atoms with van der Waals surface area (Å²) in [6.07, 6.45) is 0. The van der Waals surface area contributed by atoms with Crippen LogP contribution in [0, 0.1) is 0 Å². The van der Waals surface area contributed by atoms with Crippen molar-refractivity contribution in [1.29, 1.82) is 0 Å². The van der Waals surface area contributed by atoms with Gasteiger partial charge in [-0.15, -0.1) is 22.7 Å². The molecule has 224 valence electrons. The first-order valence-electron chi connectivity index (χ1n) is 14.0. The molecule has 0 aliphatic heterocycles. The summed E-state index contributed by atoms with van der Waals surface area (Å²) in [7, 11) is 0. The summed E-state index contributed by atoms with van der Waals surface area (Å²) in [4.78, 5) is 1.39. The van der Waals surface area contributed by atoms with E-state index in [-0.39, 0.29) is 20.9 Å². The van der Waals surface area contributed by atoms with Gasteiger partial charge in [0.05, 0.1) is 0 Å². The number of allylic oxidation sites excluding steroid dienone is 2. The summed E-state index contributed by atoms with van der Waals surface area (Å²) < 4.78 is 95.9. The number of alkyl halides is 6. The number of hydrogen-bond donors (Lipinski definition) is 0. The molecule has 0 saturated carbocycles. The zero-order valence-electron chi connectivity index (χ0n) is 23.3. The van der Waals surface area contributed by atoms with Crippen molar-refractivity contribution in [3.63, 3.8) is 0 Å². The zero-order chi connectivity index (χ0) is 31.4. The first kappa shape index (κ1) is 29.3. The highest BCUT2D eigenvalue weighted by Crippen LogP contribution is 2.67. The van der Waals surface area contributed by atoms with Gasteiger partial charge in [0, 0.05) is 41.8 Å². The Labute approximate surface area is 263 Å². The molecule has 8 heteroatoms. The van der Waals surface area contributed by atoms with Gasteiger partial charge >= 0.3 is 17.8 Å². The standard InChI is InChI=1S/C37H22F6S2/c38-35(39)31(27-21-29(23-13-5-1-6-14-23)44-33(27)25-17-9-3-10-18-25)32(36(40,41)37(35,42)43)28-22-30(24-15-7-2-8-16-24)45-34(28)26-19-11-4-12-20-26/h1-22H. The minimum absolute atomic E-state index is 0.204. The summed E-state index contributed by atoms with van der Waals surface area (Å²) >= 11 is 2.20. The predicted octanol–water partition coefficient (Wildman–Crippen LogP) is 12.3. The van der Waals surface area contributed by atoms with Crippen LogP contribution in [-0.2, 0) is 0 Å². The molecule has 0 atom stereocenters. The van der Waals surface area contributed by atoms with E-state index in [1.54, 1.807) is 121 Å². The topological polar surface area (TPSA) is 0 Å². The van der Waals surface area contributed by atoms with Gasteiger partial charge in [-0.1, -0.05) is 121 Å². The Hall–Kier alpha value is -4.40. The van der Waals surface area contributed by atoms with Crippen LogP contribution in [-0.4, -0.2) is 17.8 Å². The highest BCUT2D eigenvalue weighted by molar-refractivity contribution is 7.19. The quantitative estimate of drug-likeness (QED) is 0.158. The Kier molecular flexibility index (Phi) is 7.10. The van der Waals surface area contributed by atoms with E-state index >= 15 is 26.3 Å². The maximum atomic E-state index is 16.2. The predicted molar refractivity (Wildman–Crippen MR) is 172 cm³/mol. The summed E-state index contributed by atoms with van der Waals surface area (Å²) in [5.41, 5.74) is -1.17. The second kappa shape index (κ2) is 10.9. The first-order chi connectivity index (χ1) is 21.6. The minimum atomic E-state index is -5.68. The molecule has 0 amide bonds. The molecule has 0 radical (unpaired) electrons. The molecule has 2 aromatic heterocycles. The molecule has 1 aliphatic rings. The van der Waals surface area contributed by atoms with Crippen molar-refractivity contribution in [1.82, 2.24) is 0 Å². The lowest BCUT2D eigenvalue weighted by Gasteiger charge is -2.26.